The van der Waals surface area contributed by atoms with Gasteiger partial charge in [0.05, 0.1) is 28.3 Å². The van der Waals surface area contributed by atoms with Crippen LogP contribution in [0.5, 0.6) is 0 Å². The molecule has 0 saturated heterocycles. The van der Waals surface area contributed by atoms with Gasteiger partial charge in [0.25, 0.3) is 0 Å². The zero-order chi connectivity index (χ0) is 31.2. The van der Waals surface area contributed by atoms with E-state index in [1.54, 1.807) is 0 Å². The molecule has 5 heterocycles. The van der Waals surface area contributed by atoms with E-state index in [4.69, 9.17) is 9.97 Å². The van der Waals surface area contributed by atoms with Gasteiger partial charge in [0.1, 0.15) is 0 Å². The first-order valence-corrected chi connectivity index (χ1v) is 14.3. The average Bonchev–Trinajstić information content (AvgIpc) is 3.63. The zero-order valence-corrected chi connectivity index (χ0v) is 25.2. The molecule has 0 saturated carbocycles. The highest BCUT2D eigenvalue weighted by atomic mass is 16.4. The standard InChI is InChI=1S/C35H36N4O4/c1-8-22-20(6)34-21(7)35-23(9-2)17(3)28(38-35)14-26-18(4)24(10-12-32(40)41)30(36-26)16-31-25(11-13-33(42)43)19(5)27(37-31)15-29(22)39-34/h8-9,14-16,37-38H,1-2,10-13H2,3-7H3,(H,40,41)(H,42,43). The summed E-state index contributed by atoms with van der Waals surface area (Å²) in [6.45, 7) is 18.2. The Morgan fingerprint density at radius 3 is 2.02 bits per heavy atom. The molecule has 0 unspecified atom stereocenters. The van der Waals surface area contributed by atoms with E-state index in [1.807, 2.05) is 65.0 Å². The van der Waals surface area contributed by atoms with Crippen molar-refractivity contribution in [1.29, 1.82) is 0 Å². The van der Waals surface area contributed by atoms with Gasteiger partial charge >= 0.3 is 11.9 Å². The molecule has 8 heteroatoms. The minimum atomic E-state index is -0.883. The fraction of sp³-hybridized carbons (Fsp3) is 0.257. The van der Waals surface area contributed by atoms with Gasteiger partial charge in [-0.3, -0.25) is 9.59 Å². The van der Waals surface area contributed by atoms with Gasteiger partial charge in [0, 0.05) is 40.5 Å². The van der Waals surface area contributed by atoms with Crippen molar-refractivity contribution in [1.82, 2.24) is 19.9 Å². The molecular formula is C35H36N4O4. The Labute approximate surface area is 250 Å². The van der Waals surface area contributed by atoms with Crippen molar-refractivity contribution < 1.29 is 19.8 Å². The fourth-order valence-corrected chi connectivity index (χ4v) is 6.10. The Bertz CT molecular complexity index is 1970. The second kappa shape index (κ2) is 11.4. The average molecular weight is 577 g/mol. The second-order valence-corrected chi connectivity index (χ2v) is 11.1. The van der Waals surface area contributed by atoms with E-state index in [9.17, 15) is 19.8 Å². The van der Waals surface area contributed by atoms with Gasteiger partial charge < -0.3 is 20.2 Å². The molecule has 0 atom stereocenters. The maximum Gasteiger partial charge on any atom is 0.303 e. The predicted molar refractivity (Wildman–Crippen MR) is 173 cm³/mol. The van der Waals surface area contributed by atoms with Crippen molar-refractivity contribution >= 4 is 62.4 Å². The highest BCUT2D eigenvalue weighted by Gasteiger charge is 2.22. The van der Waals surface area contributed by atoms with Gasteiger partial charge in [-0.05, 0) is 105 Å². The lowest BCUT2D eigenvalue weighted by atomic mass is 10.00. The van der Waals surface area contributed by atoms with Crippen molar-refractivity contribution in [2.75, 3.05) is 0 Å². The molecule has 8 nitrogen and oxygen atoms in total. The lowest BCUT2D eigenvalue weighted by Crippen LogP contribution is -1.98. The Morgan fingerprint density at radius 1 is 0.744 bits per heavy atom. The van der Waals surface area contributed by atoms with Crippen LogP contribution in [-0.2, 0) is 16.0 Å². The number of H-pyrrole nitrogens is 2. The summed E-state index contributed by atoms with van der Waals surface area (Å²) in [4.78, 5) is 40.3. The Morgan fingerprint density at radius 2 is 1.37 bits per heavy atom. The monoisotopic (exact) mass is 576 g/mol. The summed E-state index contributed by atoms with van der Waals surface area (Å²) < 4.78 is 0. The molecule has 0 aliphatic carbocycles. The van der Waals surface area contributed by atoms with Gasteiger partial charge in [-0.15, -0.1) is 0 Å². The third-order valence-corrected chi connectivity index (χ3v) is 8.60. The minimum Gasteiger partial charge on any atom is -0.481 e. The number of nitrogens with one attached hydrogen (secondary N) is 2. The number of rotatable bonds is 8. The topological polar surface area (TPSA) is 132 Å². The summed E-state index contributed by atoms with van der Waals surface area (Å²) in [5, 5.41) is 19.0. The summed E-state index contributed by atoms with van der Waals surface area (Å²) >= 11 is 0. The van der Waals surface area contributed by atoms with Gasteiger partial charge in [0.15, 0.2) is 0 Å². The molecular weight excluding hydrogens is 540 g/mol. The van der Waals surface area contributed by atoms with Crippen molar-refractivity contribution in [3.8, 4) is 0 Å². The van der Waals surface area contributed by atoms with E-state index in [2.05, 4.69) is 23.1 Å². The zero-order valence-electron chi connectivity index (χ0n) is 25.2. The van der Waals surface area contributed by atoms with Crippen LogP contribution in [0.3, 0.4) is 0 Å². The van der Waals surface area contributed by atoms with Crippen LogP contribution in [0.2, 0.25) is 0 Å². The number of hydrogen-bond donors (Lipinski definition) is 4. The molecule has 3 aromatic rings. The maximum atomic E-state index is 11.6. The number of nitrogens with zero attached hydrogens (tertiary/aromatic N) is 2. The summed E-state index contributed by atoms with van der Waals surface area (Å²) in [7, 11) is 0. The lowest BCUT2D eigenvalue weighted by Gasteiger charge is -2.03. The number of aryl methyl sites for hydroxylation is 4. The van der Waals surface area contributed by atoms with E-state index in [-0.39, 0.29) is 12.8 Å². The first-order chi connectivity index (χ1) is 20.4. The Balaban J connectivity index is 1.98. The molecule has 0 spiro atoms. The van der Waals surface area contributed by atoms with Crippen LogP contribution in [0.1, 0.15) is 83.7 Å². The number of carbonyl (C=O) groups is 2. The van der Waals surface area contributed by atoms with Crippen LogP contribution < -0.4 is 0 Å². The molecule has 0 radical (unpaired) electrons. The van der Waals surface area contributed by atoms with E-state index < -0.39 is 11.9 Å². The normalized spacial score (nSPS) is 13.0. The third-order valence-electron chi connectivity index (χ3n) is 8.60. The summed E-state index contributed by atoms with van der Waals surface area (Å²) in [5.41, 5.74) is 14.9. The quantitative estimate of drug-likeness (QED) is 0.216. The molecule has 0 fully saturated rings. The van der Waals surface area contributed by atoms with Crippen LogP contribution in [0, 0.1) is 20.8 Å². The number of aliphatic carboxylic acids is 2. The van der Waals surface area contributed by atoms with E-state index >= 15 is 0 Å². The molecule has 4 N–H and O–H groups in total. The van der Waals surface area contributed by atoms with Crippen molar-refractivity contribution in [2.24, 2.45) is 0 Å². The van der Waals surface area contributed by atoms with Gasteiger partial charge in [-0.1, -0.05) is 25.3 Å². The molecule has 8 bridgehead atoms. The van der Waals surface area contributed by atoms with E-state index in [0.717, 1.165) is 89.3 Å². The predicted octanol–water partition coefficient (Wildman–Crippen LogP) is 7.81. The van der Waals surface area contributed by atoms with Gasteiger partial charge in [-0.2, -0.15) is 0 Å². The first kappa shape index (κ1) is 29.5. The van der Waals surface area contributed by atoms with E-state index in [1.165, 1.54) is 0 Å². The van der Waals surface area contributed by atoms with Gasteiger partial charge in [0.2, 0.25) is 0 Å². The number of aromatic amines is 2. The number of fused-ring (bicyclic) bond motifs is 8. The smallest absolute Gasteiger partial charge is 0.303 e. The number of carboxylic acids is 2. The summed E-state index contributed by atoms with van der Waals surface area (Å²) in [5.74, 6) is -1.76. The second-order valence-electron chi connectivity index (χ2n) is 11.1. The Hall–Kier alpha value is -4.98. The van der Waals surface area contributed by atoms with Crippen LogP contribution >= 0.6 is 0 Å². The molecule has 220 valence electrons. The molecule has 0 amide bonds. The SMILES string of the molecule is C=CC1=C(C)c2nc1cc1[nH]c(cc3nc(cc4[nH]c(c2C)c(C=C)c4C)C(C)=C3CCC(=O)O)c(CCC(=O)O)c1C. The summed E-state index contributed by atoms with van der Waals surface area (Å²) in [6.07, 6.45) is 4.25. The highest BCUT2D eigenvalue weighted by Crippen LogP contribution is 2.37. The van der Waals surface area contributed by atoms with Crippen LogP contribution in [0.4, 0.5) is 0 Å². The summed E-state index contributed by atoms with van der Waals surface area (Å²) in [6, 6.07) is 5.90. The molecule has 3 aromatic heterocycles. The molecule has 43 heavy (non-hydrogen) atoms. The highest BCUT2D eigenvalue weighted by molar-refractivity contribution is 5.99. The van der Waals surface area contributed by atoms with Crippen LogP contribution in [0.15, 0.2) is 37.4 Å². The van der Waals surface area contributed by atoms with Crippen molar-refractivity contribution in [3.05, 3.63) is 88.0 Å². The minimum absolute atomic E-state index is 0.0267. The Kier molecular flexibility index (Phi) is 7.80. The van der Waals surface area contributed by atoms with Crippen molar-refractivity contribution in [3.63, 3.8) is 0 Å². The molecule has 5 rings (SSSR count). The molecule has 0 aromatic carbocycles. The first-order valence-electron chi connectivity index (χ1n) is 14.3. The molecule has 2 aliphatic heterocycles. The number of hydrogen-bond acceptors (Lipinski definition) is 4. The van der Waals surface area contributed by atoms with Crippen LogP contribution in [-0.4, -0.2) is 42.1 Å². The fourth-order valence-electron chi connectivity index (χ4n) is 6.10. The van der Waals surface area contributed by atoms with E-state index in [0.29, 0.717) is 18.5 Å². The van der Waals surface area contributed by atoms with Crippen LogP contribution in [0.25, 0.3) is 50.4 Å². The number of aromatic nitrogens is 4. The molecule has 2 aliphatic rings. The van der Waals surface area contributed by atoms with Crippen molar-refractivity contribution in [2.45, 2.75) is 60.3 Å². The lowest BCUT2D eigenvalue weighted by molar-refractivity contribution is -0.137. The number of carboxylic acid groups (broad SMARTS) is 2. The largest absolute Gasteiger partial charge is 0.481 e. The maximum absolute atomic E-state index is 11.6. The number of allylic oxidation sites excluding steroid dienone is 5. The van der Waals surface area contributed by atoms with Gasteiger partial charge in [-0.25, -0.2) is 9.97 Å². The third kappa shape index (κ3) is 5.25.